The predicted octanol–water partition coefficient (Wildman–Crippen LogP) is 2.69. The Morgan fingerprint density at radius 2 is 2.00 bits per heavy atom. The fourth-order valence-electron chi connectivity index (χ4n) is 0.939. The van der Waals surface area contributed by atoms with Crippen LogP contribution in [0.25, 0.3) is 0 Å². The molecular weight excluding hydrogens is 216 g/mol. The topological polar surface area (TPSA) is 31.4 Å². The van der Waals surface area contributed by atoms with Crippen molar-refractivity contribution in [3.63, 3.8) is 0 Å². The summed E-state index contributed by atoms with van der Waals surface area (Å²) in [6, 6.07) is 1.21. The summed E-state index contributed by atoms with van der Waals surface area (Å²) in [7, 11) is 2.60. The number of methoxy groups -OCH3 is 2. The molecule has 3 nitrogen and oxygen atoms in total. The van der Waals surface area contributed by atoms with Crippen LogP contribution in [0.2, 0.25) is 5.02 Å². The molecule has 14 heavy (non-hydrogen) atoms. The zero-order chi connectivity index (χ0) is 10.7. The molecule has 0 spiro atoms. The molecule has 1 aromatic rings. The smallest absolute Gasteiger partial charge is 0.270 e. The SMILES string of the molecule is COc1cc(Cl)c(C(F)F)c(OC)n1. The largest absolute Gasteiger partial charge is 0.481 e. The van der Waals surface area contributed by atoms with E-state index in [0.29, 0.717) is 0 Å². The summed E-state index contributed by atoms with van der Waals surface area (Å²) in [5.74, 6) is -0.0828. The number of rotatable bonds is 3. The van der Waals surface area contributed by atoms with Gasteiger partial charge in [-0.2, -0.15) is 4.98 Å². The Balaban J connectivity index is 3.27. The Labute approximate surface area is 84.6 Å². The van der Waals surface area contributed by atoms with Crippen LogP contribution >= 0.6 is 11.6 Å². The molecule has 78 valence electrons. The van der Waals surface area contributed by atoms with Gasteiger partial charge in [0.2, 0.25) is 11.8 Å². The van der Waals surface area contributed by atoms with Gasteiger partial charge in [-0.25, -0.2) is 8.78 Å². The molecule has 0 bridgehead atoms. The third kappa shape index (κ3) is 2.04. The van der Waals surface area contributed by atoms with Crippen LogP contribution in [0.3, 0.4) is 0 Å². The van der Waals surface area contributed by atoms with E-state index in [1.165, 1.54) is 20.3 Å². The van der Waals surface area contributed by atoms with E-state index in [-0.39, 0.29) is 16.8 Å². The summed E-state index contributed by atoms with van der Waals surface area (Å²) in [4.78, 5) is 3.68. The van der Waals surface area contributed by atoms with E-state index in [9.17, 15) is 8.78 Å². The average Bonchev–Trinajstić information content (AvgIpc) is 2.15. The molecule has 0 saturated heterocycles. The van der Waals surface area contributed by atoms with Crippen molar-refractivity contribution in [2.45, 2.75) is 6.43 Å². The van der Waals surface area contributed by atoms with Gasteiger partial charge in [0, 0.05) is 6.07 Å². The number of pyridine rings is 1. The third-order valence-corrected chi connectivity index (χ3v) is 1.88. The molecule has 0 radical (unpaired) electrons. The maximum atomic E-state index is 12.5. The molecular formula is C8H8ClF2NO2. The van der Waals surface area contributed by atoms with Crippen molar-refractivity contribution in [3.8, 4) is 11.8 Å². The van der Waals surface area contributed by atoms with Gasteiger partial charge in [-0.3, -0.25) is 0 Å². The van der Waals surface area contributed by atoms with Gasteiger partial charge >= 0.3 is 0 Å². The minimum atomic E-state index is -2.73. The highest BCUT2D eigenvalue weighted by molar-refractivity contribution is 6.31. The highest BCUT2D eigenvalue weighted by atomic mass is 35.5. The Bertz CT molecular complexity index is 333. The standard InChI is InChI=1S/C8H8ClF2NO2/c1-13-5-3-4(9)6(7(10)11)8(12-5)14-2/h3,7H,1-2H3. The first-order valence-electron chi connectivity index (χ1n) is 3.66. The quantitative estimate of drug-likeness (QED) is 0.790. The molecule has 0 aromatic carbocycles. The molecule has 1 rings (SSSR count). The van der Waals surface area contributed by atoms with Gasteiger partial charge in [0.05, 0.1) is 24.8 Å². The number of alkyl halides is 2. The number of hydrogen-bond acceptors (Lipinski definition) is 3. The molecule has 1 heterocycles. The van der Waals surface area contributed by atoms with Crippen LogP contribution in [0.4, 0.5) is 8.78 Å². The van der Waals surface area contributed by atoms with E-state index >= 15 is 0 Å². The molecule has 0 atom stereocenters. The molecule has 0 unspecified atom stereocenters. The fraction of sp³-hybridized carbons (Fsp3) is 0.375. The van der Waals surface area contributed by atoms with Crippen LogP contribution in [0.5, 0.6) is 11.8 Å². The van der Waals surface area contributed by atoms with E-state index in [1.807, 2.05) is 0 Å². The lowest BCUT2D eigenvalue weighted by atomic mass is 10.3. The molecule has 0 N–H and O–H groups in total. The maximum Gasteiger partial charge on any atom is 0.270 e. The number of hydrogen-bond donors (Lipinski definition) is 0. The lowest BCUT2D eigenvalue weighted by molar-refractivity contribution is 0.146. The van der Waals surface area contributed by atoms with E-state index in [0.717, 1.165) is 0 Å². The van der Waals surface area contributed by atoms with Crippen molar-refractivity contribution in [1.82, 2.24) is 4.98 Å². The van der Waals surface area contributed by atoms with Crippen LogP contribution in [0.1, 0.15) is 12.0 Å². The van der Waals surface area contributed by atoms with Crippen molar-refractivity contribution in [3.05, 3.63) is 16.7 Å². The molecule has 0 aliphatic carbocycles. The van der Waals surface area contributed by atoms with Crippen molar-refractivity contribution in [2.75, 3.05) is 14.2 Å². The van der Waals surface area contributed by atoms with E-state index < -0.39 is 12.0 Å². The van der Waals surface area contributed by atoms with Gasteiger partial charge in [-0.1, -0.05) is 11.6 Å². The molecule has 0 amide bonds. The monoisotopic (exact) mass is 223 g/mol. The number of nitrogens with zero attached hydrogens (tertiary/aromatic N) is 1. The van der Waals surface area contributed by atoms with Crippen LogP contribution < -0.4 is 9.47 Å². The predicted molar refractivity (Wildman–Crippen MR) is 47.3 cm³/mol. The number of halogens is 3. The highest BCUT2D eigenvalue weighted by Crippen LogP contribution is 2.35. The van der Waals surface area contributed by atoms with E-state index in [1.54, 1.807) is 0 Å². The first kappa shape index (κ1) is 11.0. The van der Waals surface area contributed by atoms with Crippen molar-refractivity contribution in [2.24, 2.45) is 0 Å². The van der Waals surface area contributed by atoms with E-state index in [2.05, 4.69) is 9.72 Å². The number of aromatic nitrogens is 1. The zero-order valence-corrected chi connectivity index (χ0v) is 8.31. The van der Waals surface area contributed by atoms with E-state index in [4.69, 9.17) is 16.3 Å². The van der Waals surface area contributed by atoms with Gasteiger partial charge in [0.25, 0.3) is 6.43 Å². The Hall–Kier alpha value is -1.10. The van der Waals surface area contributed by atoms with Crippen LogP contribution in [0, 0.1) is 0 Å². The molecule has 6 heteroatoms. The normalized spacial score (nSPS) is 10.4. The Morgan fingerprint density at radius 1 is 1.36 bits per heavy atom. The van der Waals surface area contributed by atoms with Gasteiger partial charge < -0.3 is 9.47 Å². The Kier molecular flexibility index (Phi) is 3.46. The minimum Gasteiger partial charge on any atom is -0.481 e. The number of ether oxygens (including phenoxy) is 2. The fourth-order valence-corrected chi connectivity index (χ4v) is 1.20. The van der Waals surface area contributed by atoms with Gasteiger partial charge in [0.1, 0.15) is 0 Å². The summed E-state index contributed by atoms with van der Waals surface area (Å²) in [5.41, 5.74) is -0.421. The van der Waals surface area contributed by atoms with Crippen LogP contribution in [-0.2, 0) is 0 Å². The second-order valence-corrected chi connectivity index (χ2v) is 2.78. The summed E-state index contributed by atoms with van der Waals surface area (Å²) in [5, 5.41) is -0.122. The average molecular weight is 224 g/mol. The summed E-state index contributed by atoms with van der Waals surface area (Å²) < 4.78 is 34.4. The summed E-state index contributed by atoms with van der Waals surface area (Å²) in [6.07, 6.45) is -2.73. The third-order valence-electron chi connectivity index (χ3n) is 1.57. The maximum absolute atomic E-state index is 12.5. The molecule has 0 saturated carbocycles. The van der Waals surface area contributed by atoms with Gasteiger partial charge in [-0.15, -0.1) is 0 Å². The molecule has 0 fully saturated rings. The van der Waals surface area contributed by atoms with Crippen LogP contribution in [-0.4, -0.2) is 19.2 Å². The highest BCUT2D eigenvalue weighted by Gasteiger charge is 2.20. The zero-order valence-electron chi connectivity index (χ0n) is 7.55. The molecule has 0 aliphatic rings. The minimum absolute atomic E-state index is 0.122. The molecule has 0 aliphatic heterocycles. The van der Waals surface area contributed by atoms with Crippen molar-refractivity contribution >= 4 is 11.6 Å². The summed E-state index contributed by atoms with van der Waals surface area (Å²) in [6.45, 7) is 0. The van der Waals surface area contributed by atoms with Gasteiger partial charge in [0.15, 0.2) is 0 Å². The first-order chi connectivity index (χ1) is 6.60. The Morgan fingerprint density at radius 3 is 2.43 bits per heavy atom. The van der Waals surface area contributed by atoms with Crippen molar-refractivity contribution in [1.29, 1.82) is 0 Å². The lowest BCUT2D eigenvalue weighted by Crippen LogP contribution is -1.99. The summed E-state index contributed by atoms with van der Waals surface area (Å²) >= 11 is 5.61. The second-order valence-electron chi connectivity index (χ2n) is 2.37. The first-order valence-corrected chi connectivity index (χ1v) is 4.04. The molecule has 1 aromatic heterocycles. The second kappa shape index (κ2) is 4.41. The van der Waals surface area contributed by atoms with Crippen molar-refractivity contribution < 1.29 is 18.3 Å². The lowest BCUT2D eigenvalue weighted by Gasteiger charge is -2.09. The van der Waals surface area contributed by atoms with Crippen LogP contribution in [0.15, 0.2) is 6.07 Å². The van der Waals surface area contributed by atoms with Gasteiger partial charge in [-0.05, 0) is 0 Å².